The predicted molar refractivity (Wildman–Crippen MR) is 103 cm³/mol. The second kappa shape index (κ2) is 7.70. The van der Waals surface area contributed by atoms with Crippen LogP contribution in [0.2, 0.25) is 0 Å². The van der Waals surface area contributed by atoms with Gasteiger partial charge in [-0.15, -0.1) is 0 Å². The summed E-state index contributed by atoms with van der Waals surface area (Å²) in [6.45, 7) is 0.118. The van der Waals surface area contributed by atoms with Crippen LogP contribution in [0.4, 0.5) is 0 Å². The number of benzene rings is 2. The van der Waals surface area contributed by atoms with E-state index in [0.717, 1.165) is 0 Å². The third-order valence-electron chi connectivity index (χ3n) is 4.58. The number of rotatable bonds is 4. The van der Waals surface area contributed by atoms with Gasteiger partial charge in [0.2, 0.25) is 18.7 Å². The van der Waals surface area contributed by atoms with E-state index in [0.29, 0.717) is 34.1 Å². The van der Waals surface area contributed by atoms with Crippen LogP contribution in [0.1, 0.15) is 28.4 Å². The fraction of sp³-hybridized carbons (Fsp3) is 0.250. The molecule has 4 rings (SSSR count). The number of nitrogens with zero attached hydrogens (tertiary/aromatic N) is 1. The number of guanidine groups is 1. The summed E-state index contributed by atoms with van der Waals surface area (Å²) >= 11 is 0. The van der Waals surface area contributed by atoms with Gasteiger partial charge in [-0.2, -0.15) is 0 Å². The van der Waals surface area contributed by atoms with Crippen molar-refractivity contribution in [3.63, 3.8) is 0 Å². The van der Waals surface area contributed by atoms with Gasteiger partial charge >= 0.3 is 0 Å². The molecule has 0 fully saturated rings. The summed E-state index contributed by atoms with van der Waals surface area (Å²) in [4.78, 5) is 29.3. The van der Waals surface area contributed by atoms with Crippen molar-refractivity contribution in [2.75, 3.05) is 21.0 Å². The maximum Gasteiger partial charge on any atom is 0.258 e. The molecule has 2 aliphatic heterocycles. The van der Waals surface area contributed by atoms with Gasteiger partial charge in [-0.05, 0) is 36.4 Å². The van der Waals surface area contributed by atoms with E-state index in [1.54, 1.807) is 50.6 Å². The minimum absolute atomic E-state index is 0.0683. The Morgan fingerprint density at radius 2 is 1.97 bits per heavy atom. The second-order valence-corrected chi connectivity index (χ2v) is 6.38. The first-order valence-corrected chi connectivity index (χ1v) is 8.88. The van der Waals surface area contributed by atoms with Crippen molar-refractivity contribution < 1.29 is 28.5 Å². The summed E-state index contributed by atoms with van der Waals surface area (Å²) in [5.74, 6) is 1.64. The van der Waals surface area contributed by atoms with Crippen LogP contribution < -0.4 is 29.6 Å². The summed E-state index contributed by atoms with van der Waals surface area (Å²) in [7, 11) is 3.10. The zero-order chi connectivity index (χ0) is 20.4. The Balaban J connectivity index is 1.58. The molecule has 9 heteroatoms. The Morgan fingerprint density at radius 1 is 1.14 bits per heavy atom. The Morgan fingerprint density at radius 3 is 2.76 bits per heavy atom. The van der Waals surface area contributed by atoms with Crippen molar-refractivity contribution >= 4 is 17.8 Å². The van der Waals surface area contributed by atoms with Crippen molar-refractivity contribution in [2.45, 2.75) is 12.5 Å². The van der Waals surface area contributed by atoms with E-state index in [1.165, 1.54) is 0 Å². The quantitative estimate of drug-likeness (QED) is 0.814. The highest BCUT2D eigenvalue weighted by molar-refractivity contribution is 6.10. The van der Waals surface area contributed by atoms with Crippen LogP contribution in [0.15, 0.2) is 41.4 Å². The van der Waals surface area contributed by atoms with Crippen LogP contribution in [0.25, 0.3) is 0 Å². The number of hydrogen-bond donors (Lipinski definition) is 2. The number of hydrogen-bond acceptors (Lipinski definition) is 7. The summed E-state index contributed by atoms with van der Waals surface area (Å²) in [5.41, 5.74) is 1.05. The number of ether oxygens (including phenoxy) is 4. The lowest BCUT2D eigenvalue weighted by molar-refractivity contribution is -0.120. The van der Waals surface area contributed by atoms with E-state index in [4.69, 9.17) is 18.9 Å². The van der Waals surface area contributed by atoms with Crippen molar-refractivity contribution in [2.24, 2.45) is 4.99 Å². The molecule has 0 aliphatic carbocycles. The minimum Gasteiger partial charge on any atom is -0.497 e. The minimum atomic E-state index is -0.527. The molecular formula is C20H19N3O6. The van der Waals surface area contributed by atoms with Gasteiger partial charge in [0.15, 0.2) is 11.5 Å². The highest BCUT2D eigenvalue weighted by Gasteiger charge is 2.27. The fourth-order valence-corrected chi connectivity index (χ4v) is 3.15. The topological polar surface area (TPSA) is 107 Å². The second-order valence-electron chi connectivity index (χ2n) is 6.38. The number of carbonyl (C=O) groups is 2. The van der Waals surface area contributed by atoms with E-state index in [9.17, 15) is 9.59 Å². The predicted octanol–water partition coefficient (Wildman–Crippen LogP) is 1.78. The highest BCUT2D eigenvalue weighted by atomic mass is 16.7. The Bertz CT molecular complexity index is 1000. The summed E-state index contributed by atoms with van der Waals surface area (Å²) in [5, 5.41) is 5.22. The lowest BCUT2D eigenvalue weighted by atomic mass is 10.0. The molecule has 2 amide bonds. The van der Waals surface area contributed by atoms with E-state index in [-0.39, 0.29) is 25.1 Å². The maximum atomic E-state index is 12.6. The molecule has 0 unspecified atom stereocenters. The largest absolute Gasteiger partial charge is 0.497 e. The first-order chi connectivity index (χ1) is 14.1. The van der Waals surface area contributed by atoms with E-state index < -0.39 is 11.9 Å². The van der Waals surface area contributed by atoms with Crippen LogP contribution >= 0.6 is 0 Å². The number of aliphatic imine (C=N–C) groups is 1. The average Bonchev–Trinajstić information content (AvgIpc) is 3.20. The van der Waals surface area contributed by atoms with Crippen LogP contribution in [0.5, 0.6) is 23.0 Å². The van der Waals surface area contributed by atoms with Gasteiger partial charge in [-0.3, -0.25) is 20.2 Å². The molecule has 0 saturated carbocycles. The first-order valence-electron chi connectivity index (χ1n) is 8.88. The molecule has 2 N–H and O–H groups in total. The van der Waals surface area contributed by atoms with E-state index in [2.05, 4.69) is 15.6 Å². The summed E-state index contributed by atoms with van der Waals surface area (Å²) < 4.78 is 21.2. The number of fused-ring (bicyclic) bond motifs is 1. The van der Waals surface area contributed by atoms with Gasteiger partial charge in [0, 0.05) is 11.1 Å². The molecular weight excluding hydrogens is 378 g/mol. The number of amides is 2. The van der Waals surface area contributed by atoms with Gasteiger partial charge in [0.1, 0.15) is 11.5 Å². The summed E-state index contributed by atoms with van der Waals surface area (Å²) in [6, 6.07) is 9.59. The Hall–Kier alpha value is -3.75. The van der Waals surface area contributed by atoms with Crippen LogP contribution in [-0.2, 0) is 4.79 Å². The van der Waals surface area contributed by atoms with E-state index in [1.807, 2.05) is 0 Å². The Kier molecular flexibility index (Phi) is 4.94. The van der Waals surface area contributed by atoms with Gasteiger partial charge in [0.05, 0.1) is 26.7 Å². The highest BCUT2D eigenvalue weighted by Crippen LogP contribution is 2.35. The van der Waals surface area contributed by atoms with Crippen LogP contribution in [0.3, 0.4) is 0 Å². The monoisotopic (exact) mass is 397 g/mol. The molecule has 2 heterocycles. The van der Waals surface area contributed by atoms with Crippen molar-refractivity contribution in [1.82, 2.24) is 10.6 Å². The normalized spacial score (nSPS) is 17.2. The smallest absolute Gasteiger partial charge is 0.258 e. The Labute approximate surface area is 166 Å². The van der Waals surface area contributed by atoms with Gasteiger partial charge < -0.3 is 18.9 Å². The molecule has 1 atom stereocenters. The lowest BCUT2D eigenvalue weighted by Crippen LogP contribution is -2.47. The van der Waals surface area contributed by atoms with Gasteiger partial charge in [-0.1, -0.05) is 0 Å². The lowest BCUT2D eigenvalue weighted by Gasteiger charge is -2.23. The maximum absolute atomic E-state index is 12.6. The zero-order valence-electron chi connectivity index (χ0n) is 15.9. The van der Waals surface area contributed by atoms with Gasteiger partial charge in [-0.25, -0.2) is 4.99 Å². The summed E-state index contributed by atoms with van der Waals surface area (Å²) in [6.07, 6.45) is 0.118. The number of carbonyl (C=O) groups excluding carboxylic acids is 2. The molecule has 9 nitrogen and oxygen atoms in total. The molecule has 2 aromatic carbocycles. The van der Waals surface area contributed by atoms with Crippen molar-refractivity contribution in [3.8, 4) is 23.0 Å². The third kappa shape index (κ3) is 3.79. The number of methoxy groups -OCH3 is 2. The van der Waals surface area contributed by atoms with Crippen LogP contribution in [-0.4, -0.2) is 38.8 Å². The van der Waals surface area contributed by atoms with Crippen LogP contribution in [0, 0.1) is 0 Å². The molecule has 150 valence electrons. The molecule has 0 bridgehead atoms. The van der Waals surface area contributed by atoms with Crippen molar-refractivity contribution in [3.05, 3.63) is 47.5 Å². The van der Waals surface area contributed by atoms with Crippen molar-refractivity contribution in [1.29, 1.82) is 0 Å². The van der Waals surface area contributed by atoms with Gasteiger partial charge in [0.25, 0.3) is 5.91 Å². The third-order valence-corrected chi connectivity index (χ3v) is 4.58. The molecule has 0 spiro atoms. The molecule has 0 radical (unpaired) electrons. The molecule has 2 aliphatic rings. The fourth-order valence-electron chi connectivity index (χ4n) is 3.15. The number of nitrogens with one attached hydrogen (secondary N) is 2. The average molecular weight is 397 g/mol. The first kappa shape index (κ1) is 18.6. The zero-order valence-corrected chi connectivity index (χ0v) is 15.9. The molecule has 29 heavy (non-hydrogen) atoms. The molecule has 2 aromatic rings. The standard InChI is InChI=1S/C20H19N3O6/c1-26-12-4-6-15(27-2)13(8-12)14-9-18(24)22-20(21-14)23-19(25)11-3-5-16-17(7-11)29-10-28-16/h3-8,14H,9-10H2,1-2H3,(H2,21,22,23,24,25)/t14-/m0/s1. The molecule has 0 saturated heterocycles. The SMILES string of the molecule is COc1ccc(OC)c([C@@H]2CC(=O)NC(NC(=O)c3ccc4c(c3)OCO4)=N2)c1. The molecule has 0 aromatic heterocycles. The van der Waals surface area contributed by atoms with E-state index >= 15 is 0 Å².